The SMILES string of the molecule is CC(=O)O[C@@H]1CCc2cc(c(O)c3c2CC[C@H]2CCC[C@H]2O3)CN2C[C@](Cc3ccnc(N)c3)(CCN=C(N)NC3(CCCC3)SSC[C@@H](CCc3ccccc3)CCCC[C@H](O)C1)CC2=O. The summed E-state index contributed by atoms with van der Waals surface area (Å²) >= 11 is 0. The number of pyridine rings is 1. The molecule has 3 aromatic rings. The van der Waals surface area contributed by atoms with Crippen molar-refractivity contribution in [2.24, 2.45) is 28.0 Å². The molecule has 4 heterocycles. The normalized spacial score (nSPS) is 27.8. The molecular weight excluding hydrogens is 881 g/mol. The molecule has 5 aliphatic rings. The van der Waals surface area contributed by atoms with Crippen molar-refractivity contribution >= 4 is 45.2 Å². The third-order valence-corrected chi connectivity index (χ3v) is 18.5. The lowest BCUT2D eigenvalue weighted by Gasteiger charge is -2.31. The van der Waals surface area contributed by atoms with E-state index in [1.165, 1.54) is 12.5 Å². The van der Waals surface area contributed by atoms with E-state index in [4.69, 9.17) is 25.9 Å². The zero-order valence-corrected chi connectivity index (χ0v) is 41.2. The predicted octanol–water partition coefficient (Wildman–Crippen LogP) is 9.21. The number of nitrogens with one attached hydrogen (secondary N) is 1. The molecule has 2 saturated carbocycles. The number of carbonyl (C=O) groups excluding carboxylic acids is 2. The Labute approximate surface area is 406 Å². The molecule has 7 N–H and O–H groups in total. The van der Waals surface area contributed by atoms with Gasteiger partial charge in [-0.25, -0.2) is 4.98 Å². The van der Waals surface area contributed by atoms with Crippen molar-refractivity contribution in [3.63, 3.8) is 0 Å². The maximum absolute atomic E-state index is 14.3. The van der Waals surface area contributed by atoms with E-state index in [0.717, 1.165) is 112 Å². The van der Waals surface area contributed by atoms with Crippen LogP contribution in [0.4, 0.5) is 5.82 Å². The van der Waals surface area contributed by atoms with Gasteiger partial charge in [0.05, 0.1) is 11.0 Å². The van der Waals surface area contributed by atoms with Gasteiger partial charge >= 0.3 is 5.97 Å². The summed E-state index contributed by atoms with van der Waals surface area (Å²) in [6.45, 7) is 2.60. The number of aromatic hydroxyl groups is 1. The molecule has 6 atom stereocenters. The Morgan fingerprint density at radius 2 is 1.78 bits per heavy atom. The fourth-order valence-electron chi connectivity index (χ4n) is 11.7. The minimum atomic E-state index is -0.601. The molecule has 8 rings (SSSR count). The summed E-state index contributed by atoms with van der Waals surface area (Å²) in [5.41, 5.74) is 17.5. The van der Waals surface area contributed by atoms with Gasteiger partial charge < -0.3 is 41.4 Å². The van der Waals surface area contributed by atoms with Crippen LogP contribution in [0.1, 0.15) is 144 Å². The molecule has 0 radical (unpaired) electrons. The van der Waals surface area contributed by atoms with Crippen LogP contribution >= 0.6 is 21.6 Å². The van der Waals surface area contributed by atoms with Gasteiger partial charge in [0.2, 0.25) is 5.91 Å². The van der Waals surface area contributed by atoms with E-state index >= 15 is 0 Å². The van der Waals surface area contributed by atoms with E-state index in [2.05, 4.69) is 46.7 Å². The molecule has 1 spiro atoms. The van der Waals surface area contributed by atoms with Crippen molar-refractivity contribution in [1.29, 1.82) is 0 Å². The minimum absolute atomic E-state index is 0.0199. The highest BCUT2D eigenvalue weighted by molar-refractivity contribution is 8.77. The number of hydrogen-bond donors (Lipinski definition) is 5. The summed E-state index contributed by atoms with van der Waals surface area (Å²) < 4.78 is 12.7. The van der Waals surface area contributed by atoms with Crippen LogP contribution in [0.25, 0.3) is 0 Å². The smallest absolute Gasteiger partial charge is 0.302 e. The van der Waals surface area contributed by atoms with E-state index in [9.17, 15) is 19.8 Å². The summed E-state index contributed by atoms with van der Waals surface area (Å²) in [5.74, 6) is 3.17. The van der Waals surface area contributed by atoms with Crippen molar-refractivity contribution in [3.8, 4) is 11.5 Å². The van der Waals surface area contributed by atoms with Crippen LogP contribution in [-0.2, 0) is 46.6 Å². The lowest BCUT2D eigenvalue weighted by molar-refractivity contribution is -0.148. The second kappa shape index (κ2) is 23.0. The molecule has 3 fully saturated rings. The number of hydrogen-bond acceptors (Lipinski definition) is 13. The van der Waals surface area contributed by atoms with Gasteiger partial charge in [-0.1, -0.05) is 77.6 Å². The number of aliphatic hydroxyl groups is 1. The van der Waals surface area contributed by atoms with Gasteiger partial charge in [-0.15, -0.1) is 0 Å². The van der Waals surface area contributed by atoms with E-state index in [0.29, 0.717) is 93.0 Å². The van der Waals surface area contributed by atoms with Crippen LogP contribution in [0.15, 0.2) is 59.7 Å². The Hall–Kier alpha value is -4.14. The second-order valence-corrected chi connectivity index (χ2v) is 23.2. The zero-order chi connectivity index (χ0) is 46.8. The molecule has 1 amide bonds. The van der Waals surface area contributed by atoms with Crippen LogP contribution in [-0.4, -0.2) is 80.0 Å². The number of carbonyl (C=O) groups is 2. The number of aliphatic hydroxyl groups excluding tert-OH is 1. The maximum atomic E-state index is 14.3. The van der Waals surface area contributed by atoms with Gasteiger partial charge in [0.15, 0.2) is 17.5 Å². The van der Waals surface area contributed by atoms with Gasteiger partial charge in [0.25, 0.3) is 0 Å². The molecule has 1 aromatic heterocycles. The molecule has 14 heteroatoms. The monoisotopic (exact) mass is 955 g/mol. The Morgan fingerprint density at radius 3 is 2.58 bits per heavy atom. The average molecular weight is 955 g/mol. The van der Waals surface area contributed by atoms with Crippen molar-refractivity contribution < 1.29 is 29.3 Å². The van der Waals surface area contributed by atoms with E-state index in [1.54, 1.807) is 6.20 Å². The molecule has 12 nitrogen and oxygen atoms in total. The topological polar surface area (TPSA) is 186 Å². The van der Waals surface area contributed by atoms with Crippen LogP contribution in [0, 0.1) is 17.3 Å². The number of rotatable bonds is 6. The van der Waals surface area contributed by atoms with Crippen molar-refractivity contribution in [3.05, 3.63) is 82.5 Å². The first-order valence-electron chi connectivity index (χ1n) is 25.2. The van der Waals surface area contributed by atoms with E-state index in [1.807, 2.05) is 38.6 Å². The summed E-state index contributed by atoms with van der Waals surface area (Å²) in [6, 6.07) is 16.7. The molecule has 67 heavy (non-hydrogen) atoms. The Bertz CT molecular complexity index is 2170. The highest BCUT2D eigenvalue weighted by atomic mass is 33.1. The number of ether oxygens (including phenoxy) is 2. The number of fused-ring (bicyclic) bond motifs is 7. The quantitative estimate of drug-likeness (QED) is 0.117. The van der Waals surface area contributed by atoms with Crippen molar-refractivity contribution in [2.75, 3.05) is 24.6 Å². The third-order valence-electron chi connectivity index (χ3n) is 15.2. The molecule has 0 unspecified atom stereocenters. The lowest BCUT2D eigenvalue weighted by atomic mass is 9.78. The number of esters is 1. The number of amides is 1. The number of phenolic OH excluding ortho intramolecular Hbond substituents is 1. The third kappa shape index (κ3) is 13.3. The van der Waals surface area contributed by atoms with Crippen LogP contribution < -0.4 is 21.5 Å². The standard InChI is InChI=1S/C53H74N6O6S2/c1-36(60)64-44-20-18-41-29-42(49(63)50-45(41)21-19-40-13-9-15-46(40)65-50)33-59-35-52(32-48(59)62,31-39-22-26-56-47(54)28-39)25-27-57-51(55)58-53(23-7-8-24-53)67-66-34-38(12-5-6-14-43(61)30-44)17-16-37-10-3-2-4-11-37/h2-4,10-11,22,26,28-29,38,40,43-44,46,61,63H,5-9,12-21,23-25,27,30-35H2,1H3,(H2,54,56)(H3,55,57,58)/t38-,40-,43+,44-,46-,52+/m1/s1. The van der Waals surface area contributed by atoms with Gasteiger partial charge in [-0.3, -0.25) is 14.6 Å². The second-order valence-electron chi connectivity index (χ2n) is 20.5. The number of aliphatic imine (C=N–C) groups is 1. The number of aryl methyl sites for hydroxylation is 2. The summed E-state index contributed by atoms with van der Waals surface area (Å²) in [6.07, 6.45) is 18.8. The first kappa shape index (κ1) is 49.3. The number of benzene rings is 2. The van der Waals surface area contributed by atoms with Gasteiger partial charge in [0.1, 0.15) is 18.0 Å². The summed E-state index contributed by atoms with van der Waals surface area (Å²) in [4.78, 5) is 37.6. The highest BCUT2D eigenvalue weighted by Gasteiger charge is 2.44. The molecule has 3 aliphatic heterocycles. The van der Waals surface area contributed by atoms with E-state index in [-0.39, 0.29) is 35.1 Å². The molecule has 364 valence electrons. The Morgan fingerprint density at radius 1 is 0.955 bits per heavy atom. The molecular formula is C53H74N6O6S2. The van der Waals surface area contributed by atoms with Gasteiger partial charge in [-0.2, -0.15) is 0 Å². The maximum Gasteiger partial charge on any atom is 0.302 e. The lowest BCUT2D eigenvalue weighted by Crippen LogP contribution is -2.47. The average Bonchev–Trinajstić information content (AvgIpc) is 3.99. The predicted molar refractivity (Wildman–Crippen MR) is 270 cm³/mol. The van der Waals surface area contributed by atoms with Crippen molar-refractivity contribution in [1.82, 2.24) is 15.2 Å². The van der Waals surface area contributed by atoms with Crippen LogP contribution in [0.3, 0.4) is 0 Å². The molecule has 2 aromatic carbocycles. The Balaban J connectivity index is 1.08. The van der Waals surface area contributed by atoms with Crippen LogP contribution in [0.2, 0.25) is 0 Å². The Kier molecular flexibility index (Phi) is 16.9. The molecule has 4 bridgehead atoms. The number of nitrogens with zero attached hydrogens (tertiary/aromatic N) is 3. The number of guanidine groups is 1. The zero-order valence-electron chi connectivity index (χ0n) is 39.6. The number of nitrogens with two attached hydrogens (primary N) is 2. The molecule has 2 aliphatic carbocycles. The fraction of sp³-hybridized carbons (Fsp3) is 0.623. The summed E-state index contributed by atoms with van der Waals surface area (Å²) in [7, 11) is 3.86. The van der Waals surface area contributed by atoms with E-state index < -0.39 is 17.6 Å². The summed E-state index contributed by atoms with van der Waals surface area (Å²) in [5, 5.41) is 27.3. The number of nitrogen functional groups attached to an aromatic ring is 1. The van der Waals surface area contributed by atoms with Crippen LogP contribution in [0.5, 0.6) is 11.5 Å². The van der Waals surface area contributed by atoms with Gasteiger partial charge in [-0.05, 0) is 143 Å². The van der Waals surface area contributed by atoms with Gasteiger partial charge in [0, 0.05) is 67.9 Å². The fourth-order valence-corrected chi connectivity index (χ4v) is 15.2. The number of phenols is 1. The molecule has 1 saturated heterocycles. The highest BCUT2D eigenvalue weighted by Crippen LogP contribution is 2.48. The largest absolute Gasteiger partial charge is 0.504 e. The number of anilines is 1. The number of aromatic nitrogens is 1. The first-order chi connectivity index (χ1) is 32.4. The minimum Gasteiger partial charge on any atom is -0.504 e. The first-order valence-corrected chi connectivity index (χ1v) is 27.5. The van der Waals surface area contributed by atoms with Crippen molar-refractivity contribution in [2.45, 2.75) is 171 Å².